The van der Waals surface area contributed by atoms with E-state index >= 15 is 0 Å². The first-order valence-electron chi connectivity index (χ1n) is 8.24. The summed E-state index contributed by atoms with van der Waals surface area (Å²) in [6.45, 7) is 10.8. The second kappa shape index (κ2) is 6.99. The van der Waals surface area contributed by atoms with Gasteiger partial charge in [-0.25, -0.2) is 4.79 Å². The van der Waals surface area contributed by atoms with E-state index in [9.17, 15) is 4.79 Å². The maximum atomic E-state index is 12.2. The highest BCUT2D eigenvalue weighted by atomic mass is 16.5. The van der Waals surface area contributed by atoms with Crippen LogP contribution < -0.4 is 4.74 Å². The summed E-state index contributed by atoms with van der Waals surface area (Å²) in [6, 6.07) is 15.4. The lowest BCUT2D eigenvalue weighted by Gasteiger charge is -2.19. The van der Waals surface area contributed by atoms with Crippen molar-refractivity contribution >= 4 is 5.97 Å². The molecule has 2 aromatic rings. The molecular formula is C21H26O2. The van der Waals surface area contributed by atoms with E-state index in [4.69, 9.17) is 4.74 Å². The lowest BCUT2D eigenvalue weighted by molar-refractivity contribution is 0.0734. The Morgan fingerprint density at radius 2 is 1.57 bits per heavy atom. The maximum Gasteiger partial charge on any atom is 0.343 e. The molecule has 0 spiro atoms. The van der Waals surface area contributed by atoms with Gasteiger partial charge >= 0.3 is 5.97 Å². The first-order valence-corrected chi connectivity index (χ1v) is 8.24. The highest BCUT2D eigenvalue weighted by Crippen LogP contribution is 2.25. The van der Waals surface area contributed by atoms with Gasteiger partial charge in [-0.2, -0.15) is 0 Å². The predicted molar refractivity (Wildman–Crippen MR) is 95.2 cm³/mol. The van der Waals surface area contributed by atoms with E-state index in [1.165, 1.54) is 11.1 Å². The molecule has 122 valence electrons. The summed E-state index contributed by atoms with van der Waals surface area (Å²) in [4.78, 5) is 12.2. The van der Waals surface area contributed by atoms with Crippen LogP contribution in [0.25, 0.3) is 0 Å². The van der Waals surface area contributed by atoms with Crippen molar-refractivity contribution in [1.82, 2.24) is 0 Å². The Morgan fingerprint density at radius 1 is 1.00 bits per heavy atom. The molecule has 2 heteroatoms. The monoisotopic (exact) mass is 310 g/mol. The van der Waals surface area contributed by atoms with E-state index in [2.05, 4.69) is 34.6 Å². The van der Waals surface area contributed by atoms with Crippen LogP contribution in [-0.4, -0.2) is 5.97 Å². The lowest BCUT2D eigenvalue weighted by atomic mass is 9.87. The first kappa shape index (κ1) is 17.3. The smallest absolute Gasteiger partial charge is 0.343 e. The summed E-state index contributed by atoms with van der Waals surface area (Å²) >= 11 is 0. The Labute approximate surface area is 139 Å². The number of hydrogen-bond donors (Lipinski definition) is 0. The molecule has 0 bridgehead atoms. The van der Waals surface area contributed by atoms with Crippen LogP contribution in [0.4, 0.5) is 0 Å². The first-order chi connectivity index (χ1) is 10.8. The molecule has 0 saturated carbocycles. The zero-order valence-electron chi connectivity index (χ0n) is 14.7. The lowest BCUT2D eigenvalue weighted by Crippen LogP contribution is -2.11. The minimum atomic E-state index is -0.316. The number of ether oxygens (including phenoxy) is 1. The zero-order chi connectivity index (χ0) is 17.0. The molecule has 0 saturated heterocycles. The SMILES string of the molecule is CCC(C)c1ccc(C(=O)Oc2ccc(C(C)(C)C)cc2)cc1. The van der Waals surface area contributed by atoms with Crippen LogP contribution in [0.3, 0.4) is 0 Å². The van der Waals surface area contributed by atoms with Crippen molar-refractivity contribution in [3.8, 4) is 5.75 Å². The second-order valence-corrected chi connectivity index (χ2v) is 7.10. The fourth-order valence-electron chi connectivity index (χ4n) is 2.37. The van der Waals surface area contributed by atoms with E-state index in [-0.39, 0.29) is 11.4 Å². The number of carbonyl (C=O) groups is 1. The van der Waals surface area contributed by atoms with Crippen molar-refractivity contribution in [2.45, 2.75) is 52.4 Å². The highest BCUT2D eigenvalue weighted by molar-refractivity contribution is 5.91. The molecule has 0 heterocycles. The number of carbonyl (C=O) groups excluding carboxylic acids is 1. The molecule has 23 heavy (non-hydrogen) atoms. The molecule has 0 radical (unpaired) electrons. The van der Waals surface area contributed by atoms with E-state index < -0.39 is 0 Å². The topological polar surface area (TPSA) is 26.3 Å². The quantitative estimate of drug-likeness (QED) is 0.533. The molecule has 1 unspecified atom stereocenters. The van der Waals surface area contributed by atoms with Gasteiger partial charge in [0.15, 0.2) is 0 Å². The second-order valence-electron chi connectivity index (χ2n) is 7.10. The van der Waals surface area contributed by atoms with Gasteiger partial charge in [0.25, 0.3) is 0 Å². The summed E-state index contributed by atoms with van der Waals surface area (Å²) in [5.74, 6) is 0.767. The minimum absolute atomic E-state index is 0.0916. The zero-order valence-corrected chi connectivity index (χ0v) is 14.7. The molecule has 2 nitrogen and oxygen atoms in total. The highest BCUT2D eigenvalue weighted by Gasteiger charge is 2.14. The van der Waals surface area contributed by atoms with E-state index in [1.807, 2.05) is 48.5 Å². The molecule has 0 fully saturated rings. The molecule has 2 rings (SSSR count). The van der Waals surface area contributed by atoms with Gasteiger partial charge in [-0.1, -0.05) is 58.9 Å². The fraction of sp³-hybridized carbons (Fsp3) is 0.381. The van der Waals surface area contributed by atoms with Crippen LogP contribution in [-0.2, 0) is 5.41 Å². The summed E-state index contributed by atoms with van der Waals surface area (Å²) in [6.07, 6.45) is 1.09. The summed E-state index contributed by atoms with van der Waals surface area (Å²) < 4.78 is 5.46. The van der Waals surface area contributed by atoms with Gasteiger partial charge in [0.1, 0.15) is 5.75 Å². The van der Waals surface area contributed by atoms with Crippen LogP contribution in [0.1, 0.15) is 68.4 Å². The maximum absolute atomic E-state index is 12.2. The molecule has 0 N–H and O–H groups in total. The Morgan fingerprint density at radius 3 is 2.04 bits per heavy atom. The predicted octanol–water partition coefficient (Wildman–Crippen LogP) is 5.72. The van der Waals surface area contributed by atoms with E-state index in [1.54, 1.807) is 0 Å². The van der Waals surface area contributed by atoms with Crippen LogP contribution >= 0.6 is 0 Å². The molecule has 0 aromatic heterocycles. The molecule has 2 aromatic carbocycles. The van der Waals surface area contributed by atoms with Gasteiger partial charge in [0.2, 0.25) is 0 Å². The molecule has 0 aliphatic rings. The van der Waals surface area contributed by atoms with Crippen molar-refractivity contribution in [1.29, 1.82) is 0 Å². The van der Waals surface area contributed by atoms with Crippen LogP contribution in [0.5, 0.6) is 5.75 Å². The van der Waals surface area contributed by atoms with Crippen LogP contribution in [0.15, 0.2) is 48.5 Å². The molecule has 1 atom stereocenters. The molecular weight excluding hydrogens is 284 g/mol. The van der Waals surface area contributed by atoms with Crippen LogP contribution in [0, 0.1) is 0 Å². The number of benzene rings is 2. The summed E-state index contributed by atoms with van der Waals surface area (Å²) in [5.41, 5.74) is 3.14. The number of hydrogen-bond acceptors (Lipinski definition) is 2. The normalized spacial score (nSPS) is 12.7. The van der Waals surface area contributed by atoms with Crippen molar-refractivity contribution in [2.24, 2.45) is 0 Å². The standard InChI is InChI=1S/C21H26O2/c1-6-15(2)16-7-9-17(10-8-16)20(22)23-19-13-11-18(12-14-19)21(3,4)5/h7-15H,6H2,1-5H3. The van der Waals surface area contributed by atoms with Gasteiger partial charge in [-0.15, -0.1) is 0 Å². The van der Waals surface area contributed by atoms with Crippen molar-refractivity contribution in [3.05, 3.63) is 65.2 Å². The van der Waals surface area contributed by atoms with Gasteiger partial charge in [-0.05, 0) is 53.1 Å². The Kier molecular flexibility index (Phi) is 5.25. The third-order valence-electron chi connectivity index (χ3n) is 4.26. The average Bonchev–Trinajstić information content (AvgIpc) is 2.54. The minimum Gasteiger partial charge on any atom is -0.423 e. The van der Waals surface area contributed by atoms with E-state index in [0.29, 0.717) is 17.2 Å². The Bertz CT molecular complexity index is 646. The third-order valence-corrected chi connectivity index (χ3v) is 4.26. The summed E-state index contributed by atoms with van der Waals surface area (Å²) in [5, 5.41) is 0. The van der Waals surface area contributed by atoms with Gasteiger partial charge in [0.05, 0.1) is 5.56 Å². The molecule has 0 aliphatic heterocycles. The van der Waals surface area contributed by atoms with Gasteiger partial charge < -0.3 is 4.74 Å². The molecule has 0 aliphatic carbocycles. The Hall–Kier alpha value is -2.09. The molecule has 0 amide bonds. The van der Waals surface area contributed by atoms with Gasteiger partial charge in [0, 0.05) is 0 Å². The number of rotatable bonds is 4. The van der Waals surface area contributed by atoms with Crippen molar-refractivity contribution in [3.63, 3.8) is 0 Å². The number of esters is 1. The van der Waals surface area contributed by atoms with Crippen LogP contribution in [0.2, 0.25) is 0 Å². The largest absolute Gasteiger partial charge is 0.423 e. The van der Waals surface area contributed by atoms with E-state index in [0.717, 1.165) is 6.42 Å². The average molecular weight is 310 g/mol. The summed E-state index contributed by atoms with van der Waals surface area (Å²) in [7, 11) is 0. The Balaban J connectivity index is 2.07. The van der Waals surface area contributed by atoms with Crippen molar-refractivity contribution in [2.75, 3.05) is 0 Å². The van der Waals surface area contributed by atoms with Crippen molar-refractivity contribution < 1.29 is 9.53 Å². The fourth-order valence-corrected chi connectivity index (χ4v) is 2.37. The third kappa shape index (κ3) is 4.44. The van der Waals surface area contributed by atoms with Gasteiger partial charge in [-0.3, -0.25) is 0 Å².